The van der Waals surface area contributed by atoms with Gasteiger partial charge in [0.1, 0.15) is 5.60 Å². The fourth-order valence-electron chi connectivity index (χ4n) is 4.36. The van der Waals surface area contributed by atoms with Gasteiger partial charge in [-0.3, -0.25) is 9.80 Å². The maximum absolute atomic E-state index is 12.5. The molecule has 2 aromatic rings. The summed E-state index contributed by atoms with van der Waals surface area (Å²) in [6.07, 6.45) is 2.05. The number of piperidine rings is 3. The highest BCUT2D eigenvalue weighted by Crippen LogP contribution is 2.44. The molecule has 0 unspecified atom stereocenters. The van der Waals surface area contributed by atoms with E-state index in [0.717, 1.165) is 53.3 Å². The van der Waals surface area contributed by atoms with Crippen LogP contribution < -0.4 is 4.90 Å². The van der Waals surface area contributed by atoms with E-state index in [9.17, 15) is 4.79 Å². The molecule has 0 N–H and O–H groups in total. The SMILES string of the molecule is O=C1O[C@]2(CN3CCC2CC3)CN1c1ccc2scc(Cl)c2c1. The number of rotatable bonds is 1. The molecule has 120 valence electrons. The van der Waals surface area contributed by atoms with Crippen LogP contribution in [0.1, 0.15) is 12.8 Å². The van der Waals surface area contributed by atoms with Gasteiger partial charge in [-0.25, -0.2) is 4.79 Å². The summed E-state index contributed by atoms with van der Waals surface area (Å²) in [6, 6.07) is 6.04. The quantitative estimate of drug-likeness (QED) is 0.781. The molecule has 6 heteroatoms. The summed E-state index contributed by atoms with van der Waals surface area (Å²) in [4.78, 5) is 16.8. The predicted octanol–water partition coefficient (Wildman–Crippen LogP) is 3.98. The Hall–Kier alpha value is -1.30. The Bertz CT molecular complexity index is 799. The summed E-state index contributed by atoms with van der Waals surface area (Å²) in [7, 11) is 0. The van der Waals surface area contributed by atoms with Crippen LogP contribution in [-0.2, 0) is 4.74 Å². The van der Waals surface area contributed by atoms with Gasteiger partial charge in [0.05, 0.1) is 11.6 Å². The number of amides is 1. The number of thiophene rings is 1. The van der Waals surface area contributed by atoms with Crippen LogP contribution in [0.5, 0.6) is 0 Å². The highest BCUT2D eigenvalue weighted by atomic mass is 35.5. The molecular formula is C17H17ClN2O2S. The van der Waals surface area contributed by atoms with E-state index in [1.165, 1.54) is 0 Å². The molecule has 1 spiro atoms. The van der Waals surface area contributed by atoms with Crippen LogP contribution in [-0.4, -0.2) is 42.8 Å². The van der Waals surface area contributed by atoms with Crippen molar-refractivity contribution in [1.82, 2.24) is 4.90 Å². The van der Waals surface area contributed by atoms with Gasteiger partial charge in [0.25, 0.3) is 0 Å². The first-order valence-corrected chi connectivity index (χ1v) is 9.30. The minimum absolute atomic E-state index is 0.218. The normalized spacial score (nSPS) is 32.9. The Labute approximate surface area is 143 Å². The first-order valence-electron chi connectivity index (χ1n) is 8.04. The van der Waals surface area contributed by atoms with E-state index in [1.807, 2.05) is 23.6 Å². The topological polar surface area (TPSA) is 32.8 Å². The fraction of sp³-hybridized carbons (Fsp3) is 0.471. The smallest absolute Gasteiger partial charge is 0.415 e. The van der Waals surface area contributed by atoms with Gasteiger partial charge in [-0.15, -0.1) is 11.3 Å². The first-order chi connectivity index (χ1) is 11.1. The summed E-state index contributed by atoms with van der Waals surface area (Å²) in [5.41, 5.74) is 0.567. The molecule has 4 aliphatic rings. The Kier molecular flexibility index (Phi) is 2.97. The van der Waals surface area contributed by atoms with Crippen molar-refractivity contribution in [3.05, 3.63) is 28.6 Å². The molecule has 4 saturated heterocycles. The van der Waals surface area contributed by atoms with E-state index in [0.29, 0.717) is 12.5 Å². The van der Waals surface area contributed by atoms with Crippen molar-refractivity contribution < 1.29 is 9.53 Å². The van der Waals surface area contributed by atoms with Crippen LogP contribution in [0.2, 0.25) is 5.02 Å². The van der Waals surface area contributed by atoms with E-state index < -0.39 is 0 Å². The van der Waals surface area contributed by atoms with Crippen LogP contribution in [0.25, 0.3) is 10.1 Å². The van der Waals surface area contributed by atoms with E-state index in [4.69, 9.17) is 16.3 Å². The van der Waals surface area contributed by atoms with E-state index >= 15 is 0 Å². The number of carbonyl (C=O) groups is 1. The van der Waals surface area contributed by atoms with Gasteiger partial charge in [0, 0.05) is 33.6 Å². The zero-order valence-electron chi connectivity index (χ0n) is 12.6. The average Bonchev–Trinajstić information content (AvgIpc) is 3.09. The van der Waals surface area contributed by atoms with Gasteiger partial charge in [-0.05, 0) is 44.1 Å². The van der Waals surface area contributed by atoms with Crippen molar-refractivity contribution in [2.45, 2.75) is 18.4 Å². The first kappa shape index (κ1) is 14.1. The maximum atomic E-state index is 12.5. The summed E-state index contributed by atoms with van der Waals surface area (Å²) >= 11 is 7.87. The maximum Gasteiger partial charge on any atom is 0.415 e. The van der Waals surface area contributed by atoms with Crippen LogP contribution in [0, 0.1) is 5.92 Å². The molecule has 5 heterocycles. The van der Waals surface area contributed by atoms with Crippen LogP contribution in [0.4, 0.5) is 10.5 Å². The lowest BCUT2D eigenvalue weighted by atomic mass is 9.75. The van der Waals surface area contributed by atoms with Crippen molar-refractivity contribution in [1.29, 1.82) is 0 Å². The number of anilines is 1. The molecule has 1 aromatic carbocycles. The van der Waals surface area contributed by atoms with Gasteiger partial charge in [0.15, 0.2) is 0 Å². The summed E-state index contributed by atoms with van der Waals surface area (Å²) in [6.45, 7) is 3.81. The van der Waals surface area contributed by atoms with Gasteiger partial charge in [0.2, 0.25) is 0 Å². The second-order valence-electron chi connectivity index (χ2n) is 6.83. The zero-order chi connectivity index (χ0) is 15.6. The molecule has 1 aromatic heterocycles. The van der Waals surface area contributed by atoms with Gasteiger partial charge < -0.3 is 4.74 Å². The van der Waals surface area contributed by atoms with Gasteiger partial charge in [-0.1, -0.05) is 11.6 Å². The summed E-state index contributed by atoms with van der Waals surface area (Å²) < 4.78 is 7.07. The monoisotopic (exact) mass is 348 g/mol. The van der Waals surface area contributed by atoms with Crippen molar-refractivity contribution in [2.24, 2.45) is 5.92 Å². The number of hydrogen-bond acceptors (Lipinski definition) is 4. The molecule has 0 radical (unpaired) electrons. The van der Waals surface area contributed by atoms with Crippen molar-refractivity contribution in [2.75, 3.05) is 31.1 Å². The third-order valence-corrected chi connectivity index (χ3v) is 6.99. The van der Waals surface area contributed by atoms with E-state index in [-0.39, 0.29) is 11.7 Å². The molecule has 1 atom stereocenters. The number of nitrogens with zero attached hydrogens (tertiary/aromatic N) is 2. The van der Waals surface area contributed by atoms with Gasteiger partial charge >= 0.3 is 6.09 Å². The summed E-state index contributed by atoms with van der Waals surface area (Å²) in [5, 5.41) is 3.70. The fourth-order valence-corrected chi connectivity index (χ4v) is 5.51. The molecule has 0 saturated carbocycles. The highest BCUT2D eigenvalue weighted by Gasteiger charge is 2.55. The lowest BCUT2D eigenvalue weighted by Gasteiger charge is -2.49. The predicted molar refractivity (Wildman–Crippen MR) is 92.6 cm³/mol. The molecule has 1 amide bonds. The zero-order valence-corrected chi connectivity index (χ0v) is 14.2. The number of carbonyl (C=O) groups excluding carboxylic acids is 1. The minimum Gasteiger partial charge on any atom is -0.439 e. The minimum atomic E-state index is -0.318. The molecule has 4 nitrogen and oxygen atoms in total. The van der Waals surface area contributed by atoms with Crippen molar-refractivity contribution in [3.63, 3.8) is 0 Å². The number of fused-ring (bicyclic) bond motifs is 3. The molecule has 2 bridgehead atoms. The standard InChI is InChI=1S/C17H17ClN2O2S/c18-14-8-23-15-2-1-12(7-13(14)15)20-10-17(22-16(20)21)9-19-5-3-11(17)4-6-19/h1-2,7-8,11H,3-6,9-10H2/t17-/m1/s1. The van der Waals surface area contributed by atoms with E-state index in [2.05, 4.69) is 4.90 Å². The van der Waals surface area contributed by atoms with Gasteiger partial charge in [-0.2, -0.15) is 0 Å². The Balaban J connectivity index is 1.50. The third kappa shape index (κ3) is 2.03. The van der Waals surface area contributed by atoms with Crippen molar-refractivity contribution >= 4 is 44.8 Å². The molecule has 4 fully saturated rings. The number of halogens is 1. The van der Waals surface area contributed by atoms with Crippen LogP contribution in [0.3, 0.4) is 0 Å². The Morgan fingerprint density at radius 2 is 2.09 bits per heavy atom. The largest absolute Gasteiger partial charge is 0.439 e. The van der Waals surface area contributed by atoms with Crippen LogP contribution >= 0.6 is 22.9 Å². The molecule has 0 aliphatic carbocycles. The Morgan fingerprint density at radius 1 is 1.26 bits per heavy atom. The van der Waals surface area contributed by atoms with Crippen LogP contribution in [0.15, 0.2) is 23.6 Å². The summed E-state index contributed by atoms with van der Waals surface area (Å²) in [5.74, 6) is 0.495. The second-order valence-corrected chi connectivity index (χ2v) is 8.15. The molecular weight excluding hydrogens is 332 g/mol. The lowest BCUT2D eigenvalue weighted by Crippen LogP contribution is -2.61. The average molecular weight is 349 g/mol. The lowest BCUT2D eigenvalue weighted by molar-refractivity contribution is -0.0881. The number of benzene rings is 1. The number of ether oxygens (including phenoxy) is 1. The number of hydrogen-bond donors (Lipinski definition) is 0. The molecule has 6 rings (SSSR count). The van der Waals surface area contributed by atoms with Crippen molar-refractivity contribution in [3.8, 4) is 0 Å². The second kappa shape index (κ2) is 4.85. The third-order valence-electron chi connectivity index (χ3n) is 5.58. The Morgan fingerprint density at radius 3 is 2.83 bits per heavy atom. The molecule has 23 heavy (non-hydrogen) atoms. The molecule has 4 aliphatic heterocycles. The highest BCUT2D eigenvalue weighted by molar-refractivity contribution is 7.17. The van der Waals surface area contributed by atoms with E-state index in [1.54, 1.807) is 16.2 Å².